The van der Waals surface area contributed by atoms with E-state index in [-0.39, 0.29) is 24.6 Å². The van der Waals surface area contributed by atoms with Gasteiger partial charge in [-0.05, 0) is 23.8 Å². The number of morpholine rings is 1. The Morgan fingerprint density at radius 1 is 1.25 bits per heavy atom. The average Bonchev–Trinajstić information content (AvgIpc) is 2.62. The fraction of sp³-hybridized carbons (Fsp3) is 0.278. The highest BCUT2D eigenvalue weighted by molar-refractivity contribution is 6.30. The monoisotopic (exact) mass is 364 g/mol. The number of ether oxygens (including phenoxy) is 2. The lowest BCUT2D eigenvalue weighted by molar-refractivity contribution is -0.0433. The molecule has 1 fully saturated rings. The van der Waals surface area contributed by atoms with Crippen molar-refractivity contribution in [3.8, 4) is 11.8 Å². The molecule has 0 bridgehead atoms. The van der Waals surface area contributed by atoms with Gasteiger partial charge in [0, 0.05) is 18.1 Å². The number of hydrogen-bond acceptors (Lipinski definition) is 4. The van der Waals surface area contributed by atoms with Crippen LogP contribution in [0.25, 0.3) is 0 Å². The van der Waals surface area contributed by atoms with E-state index >= 15 is 0 Å². The van der Waals surface area contributed by atoms with Crippen LogP contribution < -0.4 is 10.1 Å². The highest BCUT2D eigenvalue weighted by Gasteiger charge is 2.28. The van der Waals surface area contributed by atoms with Crippen LogP contribution in [0.3, 0.4) is 0 Å². The largest absolute Gasteiger partial charge is 0.482 e. The third kappa shape index (κ3) is 4.40. The Labute approximate surface area is 152 Å². The van der Waals surface area contributed by atoms with Gasteiger partial charge >= 0.3 is 0 Å². The van der Waals surface area contributed by atoms with E-state index in [9.17, 15) is 5.26 Å². The summed E-state index contributed by atoms with van der Waals surface area (Å²) in [4.78, 5) is 0. The smallest absolute Gasteiger partial charge is 0.151 e. The van der Waals surface area contributed by atoms with Crippen LogP contribution in [0.5, 0.6) is 5.75 Å². The third-order valence-electron chi connectivity index (χ3n) is 3.74. The molecule has 0 saturated carbocycles. The van der Waals surface area contributed by atoms with E-state index in [4.69, 9.17) is 21.1 Å². The van der Waals surface area contributed by atoms with Crippen molar-refractivity contribution in [1.82, 2.24) is 5.32 Å². The lowest BCUT2D eigenvalue weighted by atomic mass is 10.0. The molecule has 1 N–H and O–H groups in total. The fourth-order valence-electron chi connectivity index (χ4n) is 2.61. The number of nitrogens with zero attached hydrogens (tertiary/aromatic N) is 1. The van der Waals surface area contributed by atoms with Gasteiger partial charge in [0.1, 0.15) is 17.9 Å². The van der Waals surface area contributed by atoms with Crippen LogP contribution in [0, 0.1) is 11.3 Å². The molecule has 0 aromatic heterocycles. The highest BCUT2D eigenvalue weighted by atomic mass is 35.5. The molecule has 1 aliphatic rings. The maximum Gasteiger partial charge on any atom is 0.151 e. The van der Waals surface area contributed by atoms with Gasteiger partial charge in [0.15, 0.2) is 6.10 Å². The lowest BCUT2D eigenvalue weighted by Gasteiger charge is -2.31. The molecule has 1 heterocycles. The van der Waals surface area contributed by atoms with Gasteiger partial charge in [0.05, 0.1) is 12.2 Å². The Bertz CT molecular complexity index is 698. The molecule has 0 unspecified atom stereocenters. The Balaban J connectivity index is 0.00000208. The fourth-order valence-corrected chi connectivity index (χ4v) is 2.78. The van der Waals surface area contributed by atoms with Crippen LogP contribution in [-0.2, 0) is 4.74 Å². The molecule has 3 rings (SSSR count). The predicted octanol–water partition coefficient (Wildman–Crippen LogP) is 3.74. The van der Waals surface area contributed by atoms with Gasteiger partial charge in [-0.1, -0.05) is 41.9 Å². The standard InChI is InChI=1S/C18H17ClN2O2.ClH/c19-15-6-7-16(14(10-15)11-20)23-18(13-4-2-1-3-5-13)17-12-21-8-9-22-17;/h1-7,10,17-18,21H,8-9,12H2;1H/t17-,18-;/m1./s1. The lowest BCUT2D eigenvalue weighted by Crippen LogP contribution is -2.43. The van der Waals surface area contributed by atoms with Crippen LogP contribution in [0.1, 0.15) is 17.2 Å². The van der Waals surface area contributed by atoms with E-state index in [1.165, 1.54) is 0 Å². The molecule has 0 spiro atoms. The van der Waals surface area contributed by atoms with Gasteiger partial charge in [-0.2, -0.15) is 5.26 Å². The van der Waals surface area contributed by atoms with Crippen molar-refractivity contribution in [2.75, 3.05) is 19.7 Å². The van der Waals surface area contributed by atoms with Crippen molar-refractivity contribution in [2.24, 2.45) is 0 Å². The molecule has 6 heteroatoms. The number of halogens is 2. The molecule has 0 radical (unpaired) electrons. The van der Waals surface area contributed by atoms with Crippen molar-refractivity contribution < 1.29 is 9.47 Å². The summed E-state index contributed by atoms with van der Waals surface area (Å²) in [7, 11) is 0. The minimum absolute atomic E-state index is 0. The summed E-state index contributed by atoms with van der Waals surface area (Å²) >= 11 is 5.96. The zero-order chi connectivity index (χ0) is 16.1. The van der Waals surface area contributed by atoms with Crippen molar-refractivity contribution in [3.63, 3.8) is 0 Å². The third-order valence-corrected chi connectivity index (χ3v) is 3.97. The van der Waals surface area contributed by atoms with E-state index in [0.29, 0.717) is 29.5 Å². The first-order valence-corrected chi connectivity index (χ1v) is 7.89. The Morgan fingerprint density at radius 2 is 2.04 bits per heavy atom. The number of rotatable bonds is 4. The second-order valence-electron chi connectivity index (χ2n) is 5.31. The molecule has 1 saturated heterocycles. The first-order chi connectivity index (χ1) is 11.3. The summed E-state index contributed by atoms with van der Waals surface area (Å²) in [5, 5.41) is 13.1. The van der Waals surface area contributed by atoms with Gasteiger partial charge in [0.25, 0.3) is 0 Å². The molecule has 24 heavy (non-hydrogen) atoms. The molecule has 126 valence electrons. The first-order valence-electron chi connectivity index (χ1n) is 7.51. The van der Waals surface area contributed by atoms with Gasteiger partial charge in [-0.25, -0.2) is 0 Å². The Hall–Kier alpha value is -1.77. The summed E-state index contributed by atoms with van der Waals surface area (Å²) in [6, 6.07) is 17.1. The van der Waals surface area contributed by atoms with Crippen LogP contribution in [-0.4, -0.2) is 25.8 Å². The van der Waals surface area contributed by atoms with Crippen molar-refractivity contribution >= 4 is 24.0 Å². The predicted molar refractivity (Wildman–Crippen MR) is 95.8 cm³/mol. The topological polar surface area (TPSA) is 54.3 Å². The van der Waals surface area contributed by atoms with Crippen LogP contribution in [0.2, 0.25) is 5.02 Å². The number of nitriles is 1. The van der Waals surface area contributed by atoms with E-state index < -0.39 is 0 Å². The highest BCUT2D eigenvalue weighted by Crippen LogP contribution is 2.30. The van der Waals surface area contributed by atoms with E-state index in [2.05, 4.69) is 11.4 Å². The molecule has 1 aliphatic heterocycles. The minimum Gasteiger partial charge on any atom is -0.482 e. The second kappa shape index (κ2) is 8.91. The van der Waals surface area contributed by atoms with E-state index in [0.717, 1.165) is 12.1 Å². The second-order valence-corrected chi connectivity index (χ2v) is 5.75. The van der Waals surface area contributed by atoms with Crippen LogP contribution in [0.15, 0.2) is 48.5 Å². The summed E-state index contributed by atoms with van der Waals surface area (Å²) in [6.45, 7) is 2.18. The normalized spacial score (nSPS) is 18.1. The molecular weight excluding hydrogens is 347 g/mol. The molecule has 0 amide bonds. The summed E-state index contributed by atoms with van der Waals surface area (Å²) in [6.07, 6.45) is -0.411. The van der Waals surface area contributed by atoms with Gasteiger partial charge in [0.2, 0.25) is 0 Å². The average molecular weight is 365 g/mol. The molecule has 4 nitrogen and oxygen atoms in total. The molecule has 2 aromatic rings. The molecule has 2 atom stereocenters. The molecular formula is C18H18Cl2N2O2. The molecule has 0 aliphatic carbocycles. The quantitative estimate of drug-likeness (QED) is 0.897. The SMILES string of the molecule is Cl.N#Cc1cc(Cl)ccc1O[C@H](c1ccccc1)[C@H]1CNCCO1. The van der Waals surface area contributed by atoms with Crippen molar-refractivity contribution in [2.45, 2.75) is 12.2 Å². The maximum absolute atomic E-state index is 9.30. The zero-order valence-electron chi connectivity index (χ0n) is 12.9. The summed E-state index contributed by atoms with van der Waals surface area (Å²) in [5.74, 6) is 0.514. The summed E-state index contributed by atoms with van der Waals surface area (Å²) < 4.78 is 12.0. The van der Waals surface area contributed by atoms with Crippen LogP contribution in [0.4, 0.5) is 0 Å². The minimum atomic E-state index is -0.294. The van der Waals surface area contributed by atoms with E-state index in [1.54, 1.807) is 18.2 Å². The van der Waals surface area contributed by atoms with Gasteiger partial charge < -0.3 is 14.8 Å². The van der Waals surface area contributed by atoms with E-state index in [1.807, 2.05) is 30.3 Å². The van der Waals surface area contributed by atoms with Crippen molar-refractivity contribution in [3.05, 3.63) is 64.7 Å². The van der Waals surface area contributed by atoms with Crippen LogP contribution >= 0.6 is 24.0 Å². The maximum atomic E-state index is 9.30. The number of nitrogens with one attached hydrogen (secondary N) is 1. The Kier molecular flexibility index (Phi) is 6.89. The summed E-state index contributed by atoms with van der Waals surface area (Å²) in [5.41, 5.74) is 1.43. The Morgan fingerprint density at radius 3 is 2.71 bits per heavy atom. The number of benzene rings is 2. The first kappa shape index (κ1) is 18.6. The zero-order valence-corrected chi connectivity index (χ0v) is 14.5. The van der Waals surface area contributed by atoms with Gasteiger partial charge in [-0.15, -0.1) is 12.4 Å². The molecule has 2 aromatic carbocycles. The number of hydrogen-bond donors (Lipinski definition) is 1. The van der Waals surface area contributed by atoms with Gasteiger partial charge in [-0.3, -0.25) is 0 Å². The van der Waals surface area contributed by atoms with Crippen molar-refractivity contribution in [1.29, 1.82) is 5.26 Å².